The zero-order valence-corrected chi connectivity index (χ0v) is 17.8. The summed E-state index contributed by atoms with van der Waals surface area (Å²) in [5.41, 5.74) is -5.65. The highest BCUT2D eigenvalue weighted by Gasteiger charge is 2.56. The minimum absolute atomic E-state index is 0.0393. The summed E-state index contributed by atoms with van der Waals surface area (Å²) in [5, 5.41) is 10.8. The van der Waals surface area contributed by atoms with E-state index in [1.54, 1.807) is 0 Å². The molecule has 1 aliphatic rings. The first-order valence-electron chi connectivity index (χ1n) is 9.39. The number of halogens is 3. The van der Waals surface area contributed by atoms with Crippen molar-refractivity contribution in [2.75, 3.05) is 20.3 Å². The highest BCUT2D eigenvalue weighted by atomic mass is 19.4. The zero-order chi connectivity index (χ0) is 23.8. The Kier molecular flexibility index (Phi) is 6.77. The fourth-order valence-corrected chi connectivity index (χ4v) is 3.36. The molecule has 1 aliphatic carbocycles. The van der Waals surface area contributed by atoms with Gasteiger partial charge in [-0.3, -0.25) is 14.4 Å². The lowest BCUT2D eigenvalue weighted by atomic mass is 9.60. The van der Waals surface area contributed by atoms with Crippen LogP contribution in [0.15, 0.2) is 17.7 Å². The van der Waals surface area contributed by atoms with Gasteiger partial charge in [-0.2, -0.15) is 13.2 Å². The normalized spacial score (nSPS) is 18.5. The maximum atomic E-state index is 13.1. The predicted molar refractivity (Wildman–Crippen MR) is 103 cm³/mol. The molecule has 0 aliphatic heterocycles. The fourth-order valence-electron chi connectivity index (χ4n) is 3.36. The molecule has 2 rings (SSSR count). The molecule has 170 valence electrons. The molecule has 0 atom stereocenters. The summed E-state index contributed by atoms with van der Waals surface area (Å²) in [6.07, 6.45) is -4.75. The molecule has 31 heavy (non-hydrogen) atoms. The number of ketones is 3. The van der Waals surface area contributed by atoms with E-state index in [9.17, 15) is 32.7 Å². The Morgan fingerprint density at radius 2 is 1.58 bits per heavy atom. The third kappa shape index (κ3) is 4.54. The summed E-state index contributed by atoms with van der Waals surface area (Å²) < 4.78 is 49.4. The molecular formula is C21H24F3NO6. The number of aromatic nitrogens is 1. The van der Waals surface area contributed by atoms with Crippen molar-refractivity contribution >= 4 is 23.1 Å². The number of hydrogen-bond donors (Lipinski definition) is 1. The third-order valence-electron chi connectivity index (χ3n) is 5.15. The number of methoxy groups -OCH3 is 1. The summed E-state index contributed by atoms with van der Waals surface area (Å²) in [7, 11) is 1.42. The van der Waals surface area contributed by atoms with E-state index in [2.05, 4.69) is 4.98 Å². The molecule has 10 heteroatoms. The molecule has 0 radical (unpaired) electrons. The fraction of sp³-hybridized carbons (Fsp3) is 0.524. The first kappa shape index (κ1) is 24.7. The molecule has 7 nitrogen and oxygen atoms in total. The van der Waals surface area contributed by atoms with E-state index >= 15 is 0 Å². The van der Waals surface area contributed by atoms with Crippen LogP contribution in [0.1, 0.15) is 44.6 Å². The van der Waals surface area contributed by atoms with Crippen molar-refractivity contribution in [3.63, 3.8) is 0 Å². The lowest BCUT2D eigenvalue weighted by Gasteiger charge is -2.37. The first-order valence-corrected chi connectivity index (χ1v) is 9.39. The number of pyridine rings is 1. The van der Waals surface area contributed by atoms with Gasteiger partial charge in [-0.15, -0.1) is 0 Å². The molecule has 0 unspecified atom stereocenters. The van der Waals surface area contributed by atoms with Gasteiger partial charge >= 0.3 is 6.18 Å². The van der Waals surface area contributed by atoms with Crippen molar-refractivity contribution in [2.24, 2.45) is 10.8 Å². The molecule has 1 fully saturated rings. The van der Waals surface area contributed by atoms with Crippen LogP contribution >= 0.6 is 0 Å². The number of carbonyl (C=O) groups excluding carboxylic acids is 3. The van der Waals surface area contributed by atoms with Crippen molar-refractivity contribution < 1.29 is 42.1 Å². The van der Waals surface area contributed by atoms with Gasteiger partial charge in [0.05, 0.1) is 36.3 Å². The predicted octanol–water partition coefficient (Wildman–Crippen LogP) is 3.31. The largest absolute Gasteiger partial charge is 0.506 e. The van der Waals surface area contributed by atoms with E-state index in [0.29, 0.717) is 6.07 Å². The Morgan fingerprint density at radius 1 is 1.03 bits per heavy atom. The van der Waals surface area contributed by atoms with Crippen LogP contribution in [0.4, 0.5) is 13.2 Å². The molecule has 0 bridgehead atoms. The number of alkyl halides is 3. The van der Waals surface area contributed by atoms with Crippen LogP contribution in [-0.4, -0.2) is 47.8 Å². The molecule has 1 saturated carbocycles. The topological polar surface area (TPSA) is 103 Å². The van der Waals surface area contributed by atoms with Gasteiger partial charge in [0.25, 0.3) is 0 Å². The molecule has 1 aromatic rings. The van der Waals surface area contributed by atoms with E-state index in [4.69, 9.17) is 9.47 Å². The number of Topliss-reactive ketones (excluding diaryl/α,β-unsaturated/α-hetero) is 3. The van der Waals surface area contributed by atoms with E-state index in [0.717, 1.165) is 6.07 Å². The van der Waals surface area contributed by atoms with Crippen LogP contribution in [0, 0.1) is 10.8 Å². The number of carbonyl (C=O) groups is 3. The maximum absolute atomic E-state index is 13.1. The highest BCUT2D eigenvalue weighted by Crippen LogP contribution is 2.43. The van der Waals surface area contributed by atoms with Gasteiger partial charge in [0.2, 0.25) is 0 Å². The summed E-state index contributed by atoms with van der Waals surface area (Å²) in [6, 6.07) is 1.55. The van der Waals surface area contributed by atoms with Crippen LogP contribution in [0.2, 0.25) is 0 Å². The van der Waals surface area contributed by atoms with Crippen LogP contribution in [-0.2, 0) is 36.6 Å². The molecule has 0 saturated heterocycles. The van der Waals surface area contributed by atoms with Gasteiger partial charge < -0.3 is 14.6 Å². The van der Waals surface area contributed by atoms with Crippen LogP contribution in [0.5, 0.6) is 0 Å². The zero-order valence-electron chi connectivity index (χ0n) is 17.8. The Bertz CT molecular complexity index is 915. The van der Waals surface area contributed by atoms with E-state index in [1.165, 1.54) is 34.8 Å². The lowest BCUT2D eigenvalue weighted by molar-refractivity contribution is -0.151. The maximum Gasteiger partial charge on any atom is 0.433 e. The van der Waals surface area contributed by atoms with Gasteiger partial charge in [-0.05, 0) is 39.8 Å². The summed E-state index contributed by atoms with van der Waals surface area (Å²) in [6.45, 7) is 5.10. The Hall–Kier alpha value is -2.59. The number of allylic oxidation sites excluding steroid dienone is 1. The van der Waals surface area contributed by atoms with Crippen molar-refractivity contribution in [1.82, 2.24) is 4.98 Å². The molecule has 0 amide bonds. The quantitative estimate of drug-likeness (QED) is 0.237. The third-order valence-corrected chi connectivity index (χ3v) is 5.15. The van der Waals surface area contributed by atoms with Gasteiger partial charge in [-0.25, -0.2) is 4.98 Å². The number of ether oxygens (including phenoxy) is 2. The summed E-state index contributed by atoms with van der Waals surface area (Å²) in [5.74, 6) is -3.27. The minimum Gasteiger partial charge on any atom is -0.506 e. The smallest absolute Gasteiger partial charge is 0.433 e. The second-order valence-electron chi connectivity index (χ2n) is 8.19. The summed E-state index contributed by atoms with van der Waals surface area (Å²) >= 11 is 0. The van der Waals surface area contributed by atoms with Gasteiger partial charge in [-0.1, -0.05) is 0 Å². The van der Waals surface area contributed by atoms with Crippen molar-refractivity contribution in [3.05, 3.63) is 34.7 Å². The van der Waals surface area contributed by atoms with Gasteiger partial charge in [0.1, 0.15) is 17.0 Å². The van der Waals surface area contributed by atoms with Gasteiger partial charge in [0.15, 0.2) is 17.3 Å². The number of aliphatic hydroxyl groups is 1. The average Bonchev–Trinajstić information content (AvgIpc) is 2.68. The SMILES string of the molecule is COCCOCc1nc(C(F)(F)F)ccc1C(O)=C1C(=O)C(C)(C)C(=O)C(C)(C)C1=O. The Balaban J connectivity index is 2.66. The Labute approximate surface area is 177 Å². The van der Waals surface area contributed by atoms with E-state index < -0.39 is 58.0 Å². The summed E-state index contributed by atoms with van der Waals surface area (Å²) in [4.78, 5) is 41.9. The van der Waals surface area contributed by atoms with Crippen molar-refractivity contribution in [3.8, 4) is 0 Å². The van der Waals surface area contributed by atoms with Crippen molar-refractivity contribution in [1.29, 1.82) is 0 Å². The van der Waals surface area contributed by atoms with E-state index in [-0.39, 0.29) is 24.5 Å². The van der Waals surface area contributed by atoms with E-state index in [1.807, 2.05) is 0 Å². The Morgan fingerprint density at radius 3 is 2.06 bits per heavy atom. The number of rotatable bonds is 6. The molecule has 0 spiro atoms. The molecule has 0 aromatic carbocycles. The minimum atomic E-state index is -4.75. The highest BCUT2D eigenvalue weighted by molar-refractivity contribution is 6.40. The van der Waals surface area contributed by atoms with Crippen LogP contribution < -0.4 is 0 Å². The molecule has 1 aromatic heterocycles. The monoisotopic (exact) mass is 443 g/mol. The lowest BCUT2D eigenvalue weighted by Crippen LogP contribution is -2.54. The molecule has 1 N–H and O–H groups in total. The second kappa shape index (κ2) is 8.51. The van der Waals surface area contributed by atoms with Crippen molar-refractivity contribution in [2.45, 2.75) is 40.5 Å². The first-order chi connectivity index (χ1) is 14.2. The van der Waals surface area contributed by atoms with Gasteiger partial charge in [0, 0.05) is 12.7 Å². The molecule has 1 heterocycles. The number of nitrogens with zero attached hydrogens (tertiary/aromatic N) is 1. The van der Waals surface area contributed by atoms with Crippen LogP contribution in [0.25, 0.3) is 5.76 Å². The van der Waals surface area contributed by atoms with Crippen LogP contribution in [0.3, 0.4) is 0 Å². The number of aliphatic hydroxyl groups excluding tert-OH is 1. The standard InChI is InChI=1S/C21H24F3NO6/c1-19(2)16(27)14(17(28)20(3,4)18(19)29)15(26)11-6-7-13(21(22,23)24)25-12(11)10-31-9-8-30-5/h6-7,26H,8-10H2,1-5H3. The second-order valence-corrected chi connectivity index (χ2v) is 8.19. The average molecular weight is 443 g/mol. The number of hydrogen-bond acceptors (Lipinski definition) is 7. The molecular weight excluding hydrogens is 419 g/mol.